The quantitative estimate of drug-likeness (QED) is 0.337. The maximum atomic E-state index is 14.8. The lowest BCUT2D eigenvalue weighted by molar-refractivity contribution is -0.137. The number of aliphatic hydroxyl groups excluding tert-OH is 1. The van der Waals surface area contributed by atoms with Crippen molar-refractivity contribution in [2.24, 2.45) is 0 Å². The number of carbonyl (C=O) groups is 1. The van der Waals surface area contributed by atoms with Gasteiger partial charge in [-0.1, -0.05) is 54.1 Å². The van der Waals surface area contributed by atoms with Gasteiger partial charge in [0.25, 0.3) is 0 Å². The Labute approximate surface area is 184 Å². The molecule has 0 unspecified atom stereocenters. The van der Waals surface area contributed by atoms with Crippen molar-refractivity contribution in [2.75, 3.05) is 0 Å². The second kappa shape index (κ2) is 8.16. The first-order chi connectivity index (χ1) is 15.1. The zero-order valence-electron chi connectivity index (χ0n) is 16.1. The molecule has 1 aliphatic heterocycles. The van der Waals surface area contributed by atoms with Crippen LogP contribution in [0.25, 0.3) is 22.8 Å². The van der Waals surface area contributed by atoms with Crippen molar-refractivity contribution < 1.29 is 32.2 Å². The highest BCUT2D eigenvalue weighted by atomic mass is 35.5. The molecule has 4 rings (SSSR count). The van der Waals surface area contributed by atoms with Gasteiger partial charge in [0.05, 0.1) is 5.56 Å². The van der Waals surface area contributed by atoms with Crippen LogP contribution in [0.15, 0.2) is 78.2 Å². The molecule has 0 atom stereocenters. The van der Waals surface area contributed by atoms with Gasteiger partial charge in [0.2, 0.25) is 0 Å². The number of halogens is 5. The molecule has 32 heavy (non-hydrogen) atoms. The topological polar surface area (TPSA) is 46.5 Å². The van der Waals surface area contributed by atoms with Gasteiger partial charge in [-0.25, -0.2) is 9.18 Å². The lowest BCUT2D eigenvalue weighted by Crippen LogP contribution is -2.05. The summed E-state index contributed by atoms with van der Waals surface area (Å²) in [5, 5.41) is 10.4. The van der Waals surface area contributed by atoms with Crippen molar-refractivity contribution in [3.05, 3.63) is 106 Å². The Morgan fingerprint density at radius 1 is 0.938 bits per heavy atom. The molecule has 1 aliphatic rings. The number of esters is 1. The van der Waals surface area contributed by atoms with Crippen molar-refractivity contribution >= 4 is 29.2 Å². The normalized spacial score (nSPS) is 15.4. The maximum Gasteiger partial charge on any atom is 0.416 e. The number of aliphatic hydroxyl groups is 1. The van der Waals surface area contributed by atoms with E-state index in [0.29, 0.717) is 5.56 Å². The Balaban J connectivity index is 1.74. The molecule has 0 saturated carbocycles. The summed E-state index contributed by atoms with van der Waals surface area (Å²) in [5.74, 6) is -2.95. The molecule has 3 aromatic carbocycles. The number of hydrogen-bond acceptors (Lipinski definition) is 3. The van der Waals surface area contributed by atoms with Gasteiger partial charge in [0.15, 0.2) is 11.5 Å². The van der Waals surface area contributed by atoms with Crippen LogP contribution >= 0.6 is 11.6 Å². The van der Waals surface area contributed by atoms with E-state index in [9.17, 15) is 27.5 Å². The van der Waals surface area contributed by atoms with Crippen LogP contribution in [0.4, 0.5) is 17.6 Å². The van der Waals surface area contributed by atoms with Crippen LogP contribution in [0.3, 0.4) is 0 Å². The zero-order chi connectivity index (χ0) is 23.0. The number of alkyl halides is 3. The first-order valence-electron chi connectivity index (χ1n) is 9.24. The van der Waals surface area contributed by atoms with Gasteiger partial charge in [-0.05, 0) is 47.0 Å². The largest absolute Gasteiger partial charge is 0.504 e. The molecular formula is C24H13ClF4O3. The summed E-state index contributed by atoms with van der Waals surface area (Å²) in [6.45, 7) is 0. The third-order valence-corrected chi connectivity index (χ3v) is 5.18. The summed E-state index contributed by atoms with van der Waals surface area (Å²) >= 11 is 5.95. The highest BCUT2D eigenvalue weighted by Crippen LogP contribution is 2.37. The van der Waals surface area contributed by atoms with Gasteiger partial charge in [0.1, 0.15) is 11.4 Å². The monoisotopic (exact) mass is 460 g/mol. The second-order valence-electron chi connectivity index (χ2n) is 6.92. The number of carbonyl (C=O) groups excluding carboxylic acids is 1. The highest BCUT2D eigenvalue weighted by molar-refractivity contribution is 6.32. The predicted molar refractivity (Wildman–Crippen MR) is 112 cm³/mol. The number of hydrogen-bond donors (Lipinski definition) is 1. The van der Waals surface area contributed by atoms with E-state index < -0.39 is 40.6 Å². The molecule has 1 N–H and O–H groups in total. The molecule has 0 radical (unpaired) electrons. The van der Waals surface area contributed by atoms with E-state index in [0.717, 1.165) is 29.8 Å². The fraction of sp³-hybridized carbons (Fsp3) is 0.0417. The molecule has 8 heteroatoms. The smallest absolute Gasteiger partial charge is 0.416 e. The summed E-state index contributed by atoms with van der Waals surface area (Å²) in [6.07, 6.45) is -3.62. The van der Waals surface area contributed by atoms with Gasteiger partial charge >= 0.3 is 12.1 Å². The Bertz CT molecular complexity index is 1280. The van der Waals surface area contributed by atoms with Crippen molar-refractivity contribution in [2.45, 2.75) is 6.18 Å². The standard InChI is InChI=1S/C24H13ClF4O3/c25-18-9-7-16(24(27,28)29)10-15(18)12-20-22(30)21(23(31)32-20)17-8-6-14(11-19(17)26)13-4-2-1-3-5-13/h1-12,30H/b20-12+. The van der Waals surface area contributed by atoms with Gasteiger partial charge in [-0.3, -0.25) is 0 Å². The van der Waals surface area contributed by atoms with Crippen LogP contribution in [0, 0.1) is 5.82 Å². The van der Waals surface area contributed by atoms with Crippen LogP contribution in [0.5, 0.6) is 0 Å². The summed E-state index contributed by atoms with van der Waals surface area (Å²) < 4.78 is 58.8. The number of rotatable bonds is 3. The molecule has 0 saturated heterocycles. The van der Waals surface area contributed by atoms with Crippen LogP contribution in [0.2, 0.25) is 5.02 Å². The predicted octanol–water partition coefficient (Wildman–Crippen LogP) is 7.03. The van der Waals surface area contributed by atoms with E-state index in [1.165, 1.54) is 12.1 Å². The SMILES string of the molecule is O=C1O/C(=C/c2cc(C(F)(F)F)ccc2Cl)C(O)=C1c1ccc(-c2ccccc2)cc1F. The van der Waals surface area contributed by atoms with Crippen molar-refractivity contribution in [1.82, 2.24) is 0 Å². The summed E-state index contributed by atoms with van der Waals surface area (Å²) in [4.78, 5) is 12.3. The maximum absolute atomic E-state index is 14.8. The second-order valence-corrected chi connectivity index (χ2v) is 7.32. The average Bonchev–Trinajstić information content (AvgIpc) is 3.02. The molecule has 0 bridgehead atoms. The minimum absolute atomic E-state index is 0.0545. The van der Waals surface area contributed by atoms with Crippen molar-refractivity contribution in [1.29, 1.82) is 0 Å². The third-order valence-electron chi connectivity index (χ3n) is 4.83. The lowest BCUT2D eigenvalue weighted by atomic mass is 9.99. The molecule has 0 aliphatic carbocycles. The first kappa shape index (κ1) is 21.6. The molecule has 0 aromatic heterocycles. The van der Waals surface area contributed by atoms with E-state index in [-0.39, 0.29) is 16.1 Å². The van der Waals surface area contributed by atoms with Crippen molar-refractivity contribution in [3.8, 4) is 11.1 Å². The molecule has 162 valence electrons. The fourth-order valence-corrected chi connectivity index (χ4v) is 3.43. The number of cyclic esters (lactones) is 1. The van der Waals surface area contributed by atoms with Crippen LogP contribution in [-0.4, -0.2) is 11.1 Å². The number of ether oxygens (including phenoxy) is 1. The van der Waals surface area contributed by atoms with Gasteiger partial charge in [0, 0.05) is 10.6 Å². The van der Waals surface area contributed by atoms with E-state index in [4.69, 9.17) is 16.3 Å². The van der Waals surface area contributed by atoms with Gasteiger partial charge < -0.3 is 9.84 Å². The fourth-order valence-electron chi connectivity index (χ4n) is 3.25. The van der Waals surface area contributed by atoms with Crippen LogP contribution in [-0.2, 0) is 15.7 Å². The Morgan fingerprint density at radius 2 is 1.66 bits per heavy atom. The summed E-state index contributed by atoms with van der Waals surface area (Å²) in [5.41, 5.74) is -0.418. The molecule has 3 nitrogen and oxygen atoms in total. The molecule has 0 spiro atoms. The molecule has 1 heterocycles. The van der Waals surface area contributed by atoms with Gasteiger partial charge in [-0.15, -0.1) is 0 Å². The average molecular weight is 461 g/mol. The molecular weight excluding hydrogens is 448 g/mol. The lowest BCUT2D eigenvalue weighted by Gasteiger charge is -2.08. The van der Waals surface area contributed by atoms with E-state index in [1.54, 1.807) is 30.3 Å². The third kappa shape index (κ3) is 4.11. The van der Waals surface area contributed by atoms with Crippen LogP contribution < -0.4 is 0 Å². The van der Waals surface area contributed by atoms with Gasteiger partial charge in [-0.2, -0.15) is 13.2 Å². The molecule has 0 fully saturated rings. The van der Waals surface area contributed by atoms with E-state index in [2.05, 4.69) is 0 Å². The summed E-state index contributed by atoms with van der Waals surface area (Å²) in [7, 11) is 0. The first-order valence-corrected chi connectivity index (χ1v) is 9.62. The summed E-state index contributed by atoms with van der Waals surface area (Å²) in [6, 6.07) is 15.7. The minimum Gasteiger partial charge on any atom is -0.504 e. The Morgan fingerprint density at radius 3 is 2.31 bits per heavy atom. The zero-order valence-corrected chi connectivity index (χ0v) is 16.8. The molecule has 3 aromatic rings. The van der Waals surface area contributed by atoms with Crippen LogP contribution in [0.1, 0.15) is 16.7 Å². The molecule has 0 amide bonds. The minimum atomic E-state index is -4.61. The number of benzene rings is 3. The Hall–Kier alpha value is -3.58. The highest BCUT2D eigenvalue weighted by Gasteiger charge is 2.34. The van der Waals surface area contributed by atoms with Crippen molar-refractivity contribution in [3.63, 3.8) is 0 Å². The Kier molecular flexibility index (Phi) is 5.52. The van der Waals surface area contributed by atoms with E-state index >= 15 is 0 Å². The van der Waals surface area contributed by atoms with E-state index in [1.807, 2.05) is 6.07 Å².